The van der Waals surface area contributed by atoms with Gasteiger partial charge in [-0.15, -0.1) is 11.6 Å². The molecule has 0 saturated heterocycles. The minimum Gasteiger partial charge on any atom is -0.456 e. The molecule has 0 heterocycles. The molecule has 17 heavy (non-hydrogen) atoms. The van der Waals surface area contributed by atoms with Crippen LogP contribution < -0.4 is 0 Å². The first-order valence-electron chi connectivity index (χ1n) is 5.65. The highest BCUT2D eigenvalue weighted by Crippen LogP contribution is 2.02. The third-order valence-corrected chi connectivity index (χ3v) is 2.80. The summed E-state index contributed by atoms with van der Waals surface area (Å²) in [7, 11) is 4.14. The molecular formula is C13H19ClNO2+. The lowest BCUT2D eigenvalue weighted by Gasteiger charge is -2.28. The smallest absolute Gasteiger partial charge is 0.338 e. The van der Waals surface area contributed by atoms with Crippen molar-refractivity contribution in [2.24, 2.45) is 0 Å². The molecule has 1 rings (SSSR count). The van der Waals surface area contributed by atoms with Crippen molar-refractivity contribution in [3.63, 3.8) is 0 Å². The van der Waals surface area contributed by atoms with Gasteiger partial charge in [0, 0.05) is 0 Å². The topological polar surface area (TPSA) is 26.3 Å². The number of hydrogen-bond donors (Lipinski definition) is 0. The monoisotopic (exact) mass is 256 g/mol. The Labute approximate surface area is 108 Å². The van der Waals surface area contributed by atoms with Crippen molar-refractivity contribution in [3.8, 4) is 0 Å². The third-order valence-electron chi connectivity index (χ3n) is 2.63. The van der Waals surface area contributed by atoms with Gasteiger partial charge in [-0.25, -0.2) is 4.79 Å². The molecule has 0 aliphatic carbocycles. The first-order chi connectivity index (χ1) is 8.05. The Hall–Kier alpha value is -1.06. The van der Waals surface area contributed by atoms with Gasteiger partial charge in [-0.05, 0) is 12.1 Å². The van der Waals surface area contributed by atoms with Crippen LogP contribution in [0.1, 0.15) is 10.4 Å². The summed E-state index contributed by atoms with van der Waals surface area (Å²) in [5.41, 5.74) is 0.593. The van der Waals surface area contributed by atoms with Crippen LogP contribution in [0.3, 0.4) is 0 Å². The molecule has 0 fully saturated rings. The zero-order chi connectivity index (χ0) is 12.7. The minimum absolute atomic E-state index is 0.267. The fourth-order valence-electron chi connectivity index (χ4n) is 1.38. The second-order valence-corrected chi connectivity index (χ2v) is 4.95. The highest BCUT2D eigenvalue weighted by atomic mass is 35.5. The number of carbonyl (C=O) groups excluding carboxylic acids is 1. The molecule has 94 valence electrons. The van der Waals surface area contributed by atoms with Crippen molar-refractivity contribution in [2.45, 2.75) is 0 Å². The van der Waals surface area contributed by atoms with Gasteiger partial charge in [-0.1, -0.05) is 18.2 Å². The number of benzene rings is 1. The van der Waals surface area contributed by atoms with Gasteiger partial charge in [0.25, 0.3) is 0 Å². The molecule has 3 nitrogen and oxygen atoms in total. The van der Waals surface area contributed by atoms with Gasteiger partial charge in [0.15, 0.2) is 0 Å². The van der Waals surface area contributed by atoms with Gasteiger partial charge in [0.1, 0.15) is 13.2 Å². The lowest BCUT2D eigenvalue weighted by Crippen LogP contribution is -2.44. The van der Waals surface area contributed by atoms with Crippen LogP contribution in [0.4, 0.5) is 0 Å². The number of ether oxygens (including phenoxy) is 1. The maximum Gasteiger partial charge on any atom is 0.338 e. The molecule has 1 aromatic rings. The van der Waals surface area contributed by atoms with Crippen LogP contribution in [0.15, 0.2) is 30.3 Å². The molecule has 0 unspecified atom stereocenters. The molecule has 0 saturated carbocycles. The van der Waals surface area contributed by atoms with Crippen molar-refractivity contribution in [2.75, 3.05) is 39.7 Å². The molecule has 0 amide bonds. The summed E-state index contributed by atoms with van der Waals surface area (Å²) >= 11 is 5.70. The zero-order valence-electron chi connectivity index (χ0n) is 10.4. The molecule has 0 aromatic heterocycles. The van der Waals surface area contributed by atoms with Crippen LogP contribution in [-0.2, 0) is 4.74 Å². The van der Waals surface area contributed by atoms with Crippen LogP contribution in [0.5, 0.6) is 0 Å². The van der Waals surface area contributed by atoms with E-state index in [0.29, 0.717) is 18.1 Å². The summed E-state index contributed by atoms with van der Waals surface area (Å²) < 4.78 is 5.97. The zero-order valence-corrected chi connectivity index (χ0v) is 11.1. The SMILES string of the molecule is C[N+](C)(CCCl)CCOC(=O)c1ccccc1. The summed E-state index contributed by atoms with van der Waals surface area (Å²) in [4.78, 5) is 11.6. The van der Waals surface area contributed by atoms with E-state index in [-0.39, 0.29) is 5.97 Å². The van der Waals surface area contributed by atoms with Gasteiger partial charge in [0.05, 0.1) is 32.1 Å². The Balaban J connectivity index is 2.35. The van der Waals surface area contributed by atoms with E-state index in [0.717, 1.165) is 17.6 Å². The van der Waals surface area contributed by atoms with Crippen LogP contribution in [-0.4, -0.2) is 50.1 Å². The number of esters is 1. The fraction of sp³-hybridized carbons (Fsp3) is 0.462. The van der Waals surface area contributed by atoms with E-state index < -0.39 is 0 Å². The van der Waals surface area contributed by atoms with E-state index in [4.69, 9.17) is 16.3 Å². The number of rotatable bonds is 6. The number of likely N-dealkylation sites (N-methyl/N-ethyl adjacent to an activating group) is 1. The van der Waals surface area contributed by atoms with Crippen molar-refractivity contribution in [3.05, 3.63) is 35.9 Å². The summed E-state index contributed by atoms with van der Waals surface area (Å²) in [6.07, 6.45) is 0. The lowest BCUT2D eigenvalue weighted by atomic mass is 10.2. The normalized spacial score (nSPS) is 11.2. The van der Waals surface area contributed by atoms with E-state index in [2.05, 4.69) is 14.1 Å². The molecular weight excluding hydrogens is 238 g/mol. The highest BCUT2D eigenvalue weighted by molar-refractivity contribution is 6.17. The lowest BCUT2D eigenvalue weighted by molar-refractivity contribution is -0.888. The Kier molecular flexibility index (Phi) is 5.45. The first-order valence-corrected chi connectivity index (χ1v) is 6.19. The number of carbonyl (C=O) groups is 1. The molecule has 1 aromatic carbocycles. The molecule has 0 radical (unpaired) electrons. The quantitative estimate of drug-likeness (QED) is 0.443. The molecule has 0 spiro atoms. The predicted molar refractivity (Wildman–Crippen MR) is 69.3 cm³/mol. The van der Waals surface area contributed by atoms with Crippen molar-refractivity contribution < 1.29 is 14.0 Å². The molecule has 0 atom stereocenters. The summed E-state index contributed by atoms with van der Waals surface area (Å²) in [6, 6.07) is 9.02. The number of nitrogens with zero attached hydrogens (tertiary/aromatic N) is 1. The average Bonchev–Trinajstić information content (AvgIpc) is 2.29. The Morgan fingerprint density at radius 1 is 1.24 bits per heavy atom. The molecule has 0 aliphatic heterocycles. The second kappa shape index (κ2) is 6.62. The minimum atomic E-state index is -0.267. The van der Waals surface area contributed by atoms with Gasteiger partial charge in [0.2, 0.25) is 0 Å². The average molecular weight is 257 g/mol. The van der Waals surface area contributed by atoms with Gasteiger partial charge < -0.3 is 9.22 Å². The van der Waals surface area contributed by atoms with Crippen molar-refractivity contribution in [1.29, 1.82) is 0 Å². The molecule has 4 heteroatoms. The van der Waals surface area contributed by atoms with Gasteiger partial charge in [-0.3, -0.25) is 0 Å². The van der Waals surface area contributed by atoms with Crippen LogP contribution >= 0.6 is 11.6 Å². The third kappa shape index (κ3) is 5.20. The second-order valence-electron chi connectivity index (χ2n) is 4.57. The van der Waals surface area contributed by atoms with E-state index in [1.54, 1.807) is 12.1 Å². The maximum atomic E-state index is 11.6. The fourth-order valence-corrected chi connectivity index (χ4v) is 1.84. The van der Waals surface area contributed by atoms with Gasteiger partial charge >= 0.3 is 5.97 Å². The number of halogens is 1. The summed E-state index contributed by atoms with van der Waals surface area (Å²) in [5.74, 6) is 0.344. The van der Waals surface area contributed by atoms with Crippen LogP contribution in [0.25, 0.3) is 0 Å². The Bertz CT molecular complexity index is 352. The number of hydrogen-bond acceptors (Lipinski definition) is 2. The Morgan fingerprint density at radius 2 is 1.88 bits per heavy atom. The largest absolute Gasteiger partial charge is 0.456 e. The number of quaternary nitrogens is 1. The molecule has 0 aliphatic rings. The first kappa shape index (κ1) is 14.0. The van der Waals surface area contributed by atoms with E-state index >= 15 is 0 Å². The van der Waals surface area contributed by atoms with Crippen LogP contribution in [0.2, 0.25) is 0 Å². The van der Waals surface area contributed by atoms with Gasteiger partial charge in [-0.2, -0.15) is 0 Å². The highest BCUT2D eigenvalue weighted by Gasteiger charge is 2.15. The number of alkyl halides is 1. The summed E-state index contributed by atoms with van der Waals surface area (Å²) in [6.45, 7) is 2.05. The van der Waals surface area contributed by atoms with E-state index in [1.165, 1.54) is 0 Å². The Morgan fingerprint density at radius 3 is 2.47 bits per heavy atom. The predicted octanol–water partition coefficient (Wildman–Crippen LogP) is 2.16. The van der Waals surface area contributed by atoms with Crippen LogP contribution in [0, 0.1) is 0 Å². The van der Waals surface area contributed by atoms with E-state index in [9.17, 15) is 4.79 Å². The summed E-state index contributed by atoms with van der Waals surface area (Å²) in [5, 5.41) is 0. The van der Waals surface area contributed by atoms with Crippen molar-refractivity contribution >= 4 is 17.6 Å². The van der Waals surface area contributed by atoms with Crippen molar-refractivity contribution in [1.82, 2.24) is 0 Å². The molecule has 0 bridgehead atoms. The standard InChI is InChI=1S/C13H19ClNO2/c1-15(2,9-8-14)10-11-17-13(16)12-6-4-3-5-7-12/h3-7H,8-11H2,1-2H3/q+1. The molecule has 0 N–H and O–H groups in total. The maximum absolute atomic E-state index is 11.6. The van der Waals surface area contributed by atoms with E-state index in [1.807, 2.05) is 18.2 Å².